The van der Waals surface area contributed by atoms with E-state index in [9.17, 15) is 4.39 Å². The molecule has 0 unspecified atom stereocenters. The number of rotatable bonds is 5. The van der Waals surface area contributed by atoms with Crippen molar-refractivity contribution in [3.05, 3.63) is 33.5 Å². The van der Waals surface area contributed by atoms with Crippen LogP contribution in [0.15, 0.2) is 22.7 Å². The van der Waals surface area contributed by atoms with E-state index < -0.39 is 0 Å². The van der Waals surface area contributed by atoms with Gasteiger partial charge in [0.2, 0.25) is 0 Å². The summed E-state index contributed by atoms with van der Waals surface area (Å²) in [4.78, 5) is 0. The van der Waals surface area contributed by atoms with Gasteiger partial charge in [-0.2, -0.15) is 0 Å². The first-order valence-corrected chi connectivity index (χ1v) is 7.24. The van der Waals surface area contributed by atoms with Crippen molar-refractivity contribution in [2.75, 3.05) is 13.6 Å². The van der Waals surface area contributed by atoms with E-state index >= 15 is 0 Å². The van der Waals surface area contributed by atoms with E-state index in [0.29, 0.717) is 15.0 Å². The second kappa shape index (κ2) is 6.36. The van der Waals surface area contributed by atoms with Gasteiger partial charge in [-0.25, -0.2) is 4.39 Å². The van der Waals surface area contributed by atoms with E-state index in [1.165, 1.54) is 17.4 Å². The highest BCUT2D eigenvalue weighted by Gasteiger charge is 2.14. The highest BCUT2D eigenvalue weighted by molar-refractivity contribution is 9.10. The standard InChI is InChI=1S/C12H13BrFN3S/c1-15-7-3-6-10-16-17-12(18-10)11-8(13)4-2-5-9(11)14/h2,4-5,15H,3,6-7H2,1H3. The third kappa shape index (κ3) is 3.13. The number of nitrogens with one attached hydrogen (secondary N) is 1. The molecule has 2 rings (SSSR count). The number of nitrogens with zero attached hydrogens (tertiary/aromatic N) is 2. The Balaban J connectivity index is 2.19. The lowest BCUT2D eigenvalue weighted by molar-refractivity contribution is 0.630. The maximum Gasteiger partial charge on any atom is 0.151 e. The van der Waals surface area contributed by atoms with Gasteiger partial charge in [0.25, 0.3) is 0 Å². The van der Waals surface area contributed by atoms with E-state index in [1.54, 1.807) is 12.1 Å². The van der Waals surface area contributed by atoms with E-state index in [1.807, 2.05) is 7.05 Å². The summed E-state index contributed by atoms with van der Waals surface area (Å²) in [6.07, 6.45) is 1.87. The first kappa shape index (κ1) is 13.6. The van der Waals surface area contributed by atoms with Crippen LogP contribution >= 0.6 is 27.3 Å². The van der Waals surface area contributed by atoms with Gasteiger partial charge in [0, 0.05) is 10.9 Å². The highest BCUT2D eigenvalue weighted by atomic mass is 79.9. The summed E-state index contributed by atoms with van der Waals surface area (Å²) < 4.78 is 14.5. The van der Waals surface area contributed by atoms with Gasteiger partial charge in [-0.05, 0) is 48.1 Å². The predicted molar refractivity (Wildman–Crippen MR) is 75.3 cm³/mol. The van der Waals surface area contributed by atoms with Gasteiger partial charge in [0.1, 0.15) is 10.8 Å². The molecule has 0 aliphatic rings. The van der Waals surface area contributed by atoms with Crippen LogP contribution in [-0.4, -0.2) is 23.8 Å². The second-order valence-electron chi connectivity index (χ2n) is 3.80. The van der Waals surface area contributed by atoms with E-state index in [-0.39, 0.29) is 5.82 Å². The van der Waals surface area contributed by atoms with E-state index in [4.69, 9.17) is 0 Å². The van der Waals surface area contributed by atoms with Gasteiger partial charge >= 0.3 is 0 Å². The van der Waals surface area contributed by atoms with Crippen LogP contribution in [-0.2, 0) is 6.42 Å². The van der Waals surface area contributed by atoms with E-state index in [0.717, 1.165) is 24.4 Å². The molecule has 3 nitrogen and oxygen atoms in total. The number of halogens is 2. The molecule has 0 spiro atoms. The van der Waals surface area contributed by atoms with Crippen molar-refractivity contribution in [1.29, 1.82) is 0 Å². The van der Waals surface area contributed by atoms with Crippen molar-refractivity contribution in [1.82, 2.24) is 15.5 Å². The molecule has 0 aliphatic carbocycles. The lowest BCUT2D eigenvalue weighted by atomic mass is 10.2. The summed E-state index contributed by atoms with van der Waals surface area (Å²) in [7, 11) is 1.92. The van der Waals surface area contributed by atoms with Crippen LogP contribution in [0.2, 0.25) is 0 Å². The molecule has 96 valence electrons. The average molecular weight is 330 g/mol. The van der Waals surface area contributed by atoms with Crippen molar-refractivity contribution >= 4 is 27.3 Å². The van der Waals surface area contributed by atoms with E-state index in [2.05, 4.69) is 31.4 Å². The predicted octanol–water partition coefficient (Wildman–Crippen LogP) is 3.26. The van der Waals surface area contributed by atoms with Crippen LogP contribution < -0.4 is 5.32 Å². The Morgan fingerprint density at radius 1 is 1.39 bits per heavy atom. The minimum absolute atomic E-state index is 0.276. The molecule has 0 atom stereocenters. The molecular formula is C12H13BrFN3S. The quantitative estimate of drug-likeness (QED) is 0.855. The smallest absolute Gasteiger partial charge is 0.151 e. The summed E-state index contributed by atoms with van der Waals surface area (Å²) in [5.74, 6) is -0.276. The zero-order valence-corrected chi connectivity index (χ0v) is 12.3. The molecule has 1 aromatic heterocycles. The van der Waals surface area contributed by atoms with Crippen LogP contribution in [0.4, 0.5) is 4.39 Å². The molecule has 0 amide bonds. The van der Waals surface area contributed by atoms with Gasteiger partial charge in [0.05, 0.1) is 5.56 Å². The van der Waals surface area contributed by atoms with Crippen molar-refractivity contribution in [3.63, 3.8) is 0 Å². The minimum Gasteiger partial charge on any atom is -0.320 e. The first-order valence-electron chi connectivity index (χ1n) is 5.63. The molecule has 6 heteroatoms. The molecular weight excluding hydrogens is 317 g/mol. The Kier molecular flexibility index (Phi) is 4.79. The third-order valence-corrected chi connectivity index (χ3v) is 4.12. The Bertz CT molecular complexity index is 510. The Hall–Kier alpha value is -0.850. The molecule has 2 aromatic rings. The third-order valence-electron chi connectivity index (χ3n) is 2.46. The molecule has 0 bridgehead atoms. The maximum absolute atomic E-state index is 13.8. The van der Waals surface area contributed by atoms with Crippen molar-refractivity contribution < 1.29 is 4.39 Å². The fourth-order valence-corrected chi connectivity index (χ4v) is 3.18. The Morgan fingerprint density at radius 3 is 2.94 bits per heavy atom. The molecule has 0 aliphatic heterocycles. The molecule has 1 aromatic carbocycles. The molecule has 18 heavy (non-hydrogen) atoms. The number of aromatic nitrogens is 2. The van der Waals surface area contributed by atoms with Gasteiger partial charge in [-0.1, -0.05) is 17.4 Å². The van der Waals surface area contributed by atoms with Crippen LogP contribution in [0.25, 0.3) is 10.6 Å². The Morgan fingerprint density at radius 2 is 2.22 bits per heavy atom. The van der Waals surface area contributed by atoms with Gasteiger partial charge in [-0.15, -0.1) is 10.2 Å². The topological polar surface area (TPSA) is 37.8 Å². The van der Waals surface area contributed by atoms with Crippen LogP contribution in [0.3, 0.4) is 0 Å². The van der Waals surface area contributed by atoms with Crippen LogP contribution in [0, 0.1) is 5.82 Å². The van der Waals surface area contributed by atoms with Crippen LogP contribution in [0.5, 0.6) is 0 Å². The number of benzene rings is 1. The number of aryl methyl sites for hydroxylation is 1. The van der Waals surface area contributed by atoms with Crippen LogP contribution in [0.1, 0.15) is 11.4 Å². The molecule has 1 N–H and O–H groups in total. The molecule has 0 saturated carbocycles. The fourth-order valence-electron chi connectivity index (χ4n) is 1.57. The van der Waals surface area contributed by atoms with Crippen molar-refractivity contribution in [2.24, 2.45) is 0 Å². The lowest BCUT2D eigenvalue weighted by Gasteiger charge is -2.00. The monoisotopic (exact) mass is 329 g/mol. The zero-order valence-electron chi connectivity index (χ0n) is 9.91. The maximum atomic E-state index is 13.8. The van der Waals surface area contributed by atoms with Gasteiger partial charge < -0.3 is 5.32 Å². The highest BCUT2D eigenvalue weighted by Crippen LogP contribution is 2.32. The normalized spacial score (nSPS) is 10.8. The molecule has 0 saturated heterocycles. The molecule has 0 fully saturated rings. The zero-order chi connectivity index (χ0) is 13.0. The minimum atomic E-state index is -0.276. The SMILES string of the molecule is CNCCCc1nnc(-c2c(F)cccc2Br)s1. The van der Waals surface area contributed by atoms with Gasteiger partial charge in [-0.3, -0.25) is 0 Å². The molecule has 1 heterocycles. The second-order valence-corrected chi connectivity index (χ2v) is 5.72. The first-order chi connectivity index (χ1) is 8.72. The average Bonchev–Trinajstić information content (AvgIpc) is 2.78. The lowest BCUT2D eigenvalue weighted by Crippen LogP contribution is -2.08. The number of hydrogen-bond donors (Lipinski definition) is 1. The molecule has 0 radical (unpaired) electrons. The summed E-state index contributed by atoms with van der Waals surface area (Å²) in [5.41, 5.74) is 0.495. The summed E-state index contributed by atoms with van der Waals surface area (Å²) in [6, 6.07) is 4.90. The largest absolute Gasteiger partial charge is 0.320 e. The summed E-state index contributed by atoms with van der Waals surface area (Å²) in [6.45, 7) is 0.943. The fraction of sp³-hybridized carbons (Fsp3) is 0.333. The van der Waals surface area contributed by atoms with Gasteiger partial charge in [0.15, 0.2) is 5.01 Å². The summed E-state index contributed by atoms with van der Waals surface area (Å²) >= 11 is 4.79. The van der Waals surface area contributed by atoms with Crippen molar-refractivity contribution in [3.8, 4) is 10.6 Å². The Labute approximate surface area is 118 Å². The van der Waals surface area contributed by atoms with Crippen molar-refractivity contribution in [2.45, 2.75) is 12.8 Å². The number of hydrogen-bond acceptors (Lipinski definition) is 4. The summed E-state index contributed by atoms with van der Waals surface area (Å²) in [5, 5.41) is 12.8.